The zero-order chi connectivity index (χ0) is 8.31. The van der Waals surface area contributed by atoms with E-state index in [4.69, 9.17) is 20.4 Å². The largest absolute Gasteiger partial charge is 0.479 e. The zero-order valence-electron chi connectivity index (χ0n) is 6.26. The molecule has 0 radical (unpaired) electrons. The second-order valence-electron chi connectivity index (χ2n) is 1.57. The monoisotopic (exact) mass is 204 g/mol. The lowest BCUT2D eigenvalue weighted by Crippen LogP contribution is -2.39. The molecule has 0 rings (SSSR count). The van der Waals surface area contributed by atoms with Crippen LogP contribution in [0, 0.1) is 0 Å². The van der Waals surface area contributed by atoms with E-state index >= 15 is 0 Å². The standard InChI is InChI=1S/C4H6O6.3H2O/c5-1(3(7)8)2(6)4(9)10;;;/h1-2,5-6H,(H,7,8)(H,9,10);3*1H2/t1-,2-;;;/m0.../s1. The molecule has 0 heterocycles. The third-order valence-electron chi connectivity index (χ3n) is 0.805. The van der Waals surface area contributed by atoms with E-state index in [1.54, 1.807) is 0 Å². The van der Waals surface area contributed by atoms with Gasteiger partial charge >= 0.3 is 11.9 Å². The van der Waals surface area contributed by atoms with E-state index in [0.29, 0.717) is 0 Å². The molecule has 0 aliphatic rings. The highest BCUT2D eigenvalue weighted by Gasteiger charge is 2.29. The van der Waals surface area contributed by atoms with Gasteiger partial charge in [-0.3, -0.25) is 0 Å². The molecule has 0 amide bonds. The predicted octanol–water partition coefficient (Wildman–Crippen LogP) is -4.60. The van der Waals surface area contributed by atoms with Crippen molar-refractivity contribution >= 4 is 11.9 Å². The van der Waals surface area contributed by atoms with Crippen LogP contribution in [0.2, 0.25) is 0 Å². The van der Waals surface area contributed by atoms with Crippen molar-refractivity contribution in [3.63, 3.8) is 0 Å². The average molecular weight is 204 g/mol. The fourth-order valence-corrected chi connectivity index (χ4v) is 0.270. The number of aliphatic hydroxyl groups excluding tert-OH is 2. The van der Waals surface area contributed by atoms with Crippen molar-refractivity contribution in [3.8, 4) is 0 Å². The molecule has 10 N–H and O–H groups in total. The molecule has 0 fully saturated rings. The molecule has 0 bridgehead atoms. The molecule has 0 aromatic heterocycles. The first-order chi connectivity index (χ1) is 4.46. The molecule has 0 unspecified atom stereocenters. The first-order valence-corrected chi connectivity index (χ1v) is 2.28. The number of aliphatic hydroxyl groups is 2. The fourth-order valence-electron chi connectivity index (χ4n) is 0.270. The van der Waals surface area contributed by atoms with Crippen LogP contribution in [0.4, 0.5) is 0 Å². The highest BCUT2D eigenvalue weighted by Crippen LogP contribution is 1.92. The van der Waals surface area contributed by atoms with Gasteiger partial charge in [0.25, 0.3) is 0 Å². The number of hydrogen-bond donors (Lipinski definition) is 4. The van der Waals surface area contributed by atoms with Gasteiger partial charge in [-0.15, -0.1) is 0 Å². The molecule has 0 aliphatic heterocycles. The Balaban J connectivity index is -0.000000135. The smallest absolute Gasteiger partial charge is 0.335 e. The molecule has 9 nitrogen and oxygen atoms in total. The Kier molecular flexibility index (Phi) is 15.4. The molecule has 0 saturated heterocycles. The Hall–Kier alpha value is -1.26. The first-order valence-electron chi connectivity index (χ1n) is 2.28. The maximum Gasteiger partial charge on any atom is 0.335 e. The van der Waals surface area contributed by atoms with E-state index in [1.807, 2.05) is 0 Å². The highest BCUT2D eigenvalue weighted by molar-refractivity contribution is 5.82. The van der Waals surface area contributed by atoms with Gasteiger partial charge in [0, 0.05) is 0 Å². The van der Waals surface area contributed by atoms with Crippen molar-refractivity contribution in [2.45, 2.75) is 12.2 Å². The first kappa shape index (κ1) is 22.6. The van der Waals surface area contributed by atoms with Gasteiger partial charge in [-0.2, -0.15) is 0 Å². The summed E-state index contributed by atoms with van der Waals surface area (Å²) < 4.78 is 0. The van der Waals surface area contributed by atoms with Crippen molar-refractivity contribution in [1.82, 2.24) is 0 Å². The summed E-state index contributed by atoms with van der Waals surface area (Å²) in [5, 5.41) is 32.5. The van der Waals surface area contributed by atoms with Crippen LogP contribution < -0.4 is 0 Å². The Morgan fingerprint density at radius 3 is 1.00 bits per heavy atom. The molecule has 82 valence electrons. The lowest BCUT2D eigenvalue weighted by molar-refractivity contribution is -0.165. The molecular formula is C4H12O9. The number of hydrogen-bond acceptors (Lipinski definition) is 4. The van der Waals surface area contributed by atoms with E-state index in [1.165, 1.54) is 0 Å². The van der Waals surface area contributed by atoms with Crippen LogP contribution in [0.3, 0.4) is 0 Å². The summed E-state index contributed by atoms with van der Waals surface area (Å²) in [4.78, 5) is 19.5. The summed E-state index contributed by atoms with van der Waals surface area (Å²) in [5.41, 5.74) is 0. The summed E-state index contributed by atoms with van der Waals surface area (Å²) in [6, 6.07) is 0. The number of carbonyl (C=O) groups is 2. The number of carboxylic acids is 2. The summed E-state index contributed by atoms with van der Waals surface area (Å²) >= 11 is 0. The zero-order valence-corrected chi connectivity index (χ0v) is 6.26. The minimum atomic E-state index is -2.27. The second-order valence-corrected chi connectivity index (χ2v) is 1.57. The average Bonchev–Trinajstić information content (AvgIpc) is 1.84. The molecule has 0 aliphatic carbocycles. The second kappa shape index (κ2) is 8.83. The summed E-state index contributed by atoms with van der Waals surface area (Å²) in [6.45, 7) is 0. The maximum absolute atomic E-state index is 9.77. The number of carboxylic acid groups (broad SMARTS) is 2. The normalized spacial score (nSPS) is 12.2. The molecule has 13 heavy (non-hydrogen) atoms. The quantitative estimate of drug-likeness (QED) is 0.354. The van der Waals surface area contributed by atoms with Gasteiger partial charge in [0.05, 0.1) is 0 Å². The lowest BCUT2D eigenvalue weighted by atomic mass is 10.2. The Morgan fingerprint density at radius 1 is 0.769 bits per heavy atom. The van der Waals surface area contributed by atoms with Gasteiger partial charge < -0.3 is 36.9 Å². The minimum absolute atomic E-state index is 0. The van der Waals surface area contributed by atoms with Crippen molar-refractivity contribution in [1.29, 1.82) is 0 Å². The summed E-state index contributed by atoms with van der Waals surface area (Å²) in [6.07, 6.45) is -4.53. The molecule has 0 aromatic carbocycles. The molecule has 0 aromatic rings. The van der Waals surface area contributed by atoms with Crippen molar-refractivity contribution < 1.29 is 46.4 Å². The minimum Gasteiger partial charge on any atom is -0.479 e. The van der Waals surface area contributed by atoms with Crippen LogP contribution in [0.5, 0.6) is 0 Å². The van der Waals surface area contributed by atoms with Gasteiger partial charge in [0.1, 0.15) is 0 Å². The summed E-state index contributed by atoms with van der Waals surface area (Å²) in [5.74, 6) is -3.54. The van der Waals surface area contributed by atoms with Crippen LogP contribution in [0.25, 0.3) is 0 Å². The number of aliphatic carboxylic acids is 2. The van der Waals surface area contributed by atoms with Gasteiger partial charge in [0.15, 0.2) is 12.2 Å². The van der Waals surface area contributed by atoms with Gasteiger partial charge in [0.2, 0.25) is 0 Å². The Labute approximate surface area is 71.8 Å². The Morgan fingerprint density at radius 2 is 0.923 bits per heavy atom. The third kappa shape index (κ3) is 7.11. The van der Waals surface area contributed by atoms with E-state index < -0.39 is 24.1 Å². The fraction of sp³-hybridized carbons (Fsp3) is 0.500. The maximum atomic E-state index is 9.77. The van der Waals surface area contributed by atoms with Crippen molar-refractivity contribution in [2.75, 3.05) is 0 Å². The third-order valence-corrected chi connectivity index (χ3v) is 0.805. The molecule has 2 atom stereocenters. The predicted molar refractivity (Wildman–Crippen MR) is 38.1 cm³/mol. The van der Waals surface area contributed by atoms with Gasteiger partial charge in [-0.05, 0) is 0 Å². The molecule has 0 spiro atoms. The van der Waals surface area contributed by atoms with Crippen LogP contribution in [0.15, 0.2) is 0 Å². The molecule has 0 saturated carbocycles. The molecular weight excluding hydrogens is 192 g/mol. The van der Waals surface area contributed by atoms with E-state index in [9.17, 15) is 9.59 Å². The number of rotatable bonds is 3. The van der Waals surface area contributed by atoms with E-state index in [0.717, 1.165) is 0 Å². The lowest BCUT2D eigenvalue weighted by Gasteiger charge is -2.07. The van der Waals surface area contributed by atoms with E-state index in [2.05, 4.69) is 0 Å². The van der Waals surface area contributed by atoms with Crippen LogP contribution in [-0.2, 0) is 9.59 Å². The van der Waals surface area contributed by atoms with Crippen LogP contribution in [-0.4, -0.2) is 61.0 Å². The summed E-state index contributed by atoms with van der Waals surface area (Å²) in [7, 11) is 0. The van der Waals surface area contributed by atoms with Crippen molar-refractivity contribution in [3.05, 3.63) is 0 Å². The van der Waals surface area contributed by atoms with E-state index in [-0.39, 0.29) is 16.4 Å². The Bertz CT molecular complexity index is 136. The molecule has 9 heteroatoms. The van der Waals surface area contributed by atoms with Gasteiger partial charge in [-0.1, -0.05) is 0 Å². The van der Waals surface area contributed by atoms with Crippen LogP contribution >= 0.6 is 0 Å². The van der Waals surface area contributed by atoms with Crippen molar-refractivity contribution in [2.24, 2.45) is 0 Å². The van der Waals surface area contributed by atoms with Crippen LogP contribution in [0.1, 0.15) is 0 Å². The van der Waals surface area contributed by atoms with Gasteiger partial charge in [-0.25, -0.2) is 9.59 Å². The SMILES string of the molecule is O.O.O.O=C(O)[C@@H](O)[C@H](O)C(=O)O. The highest BCUT2D eigenvalue weighted by atomic mass is 16.4. The topological polar surface area (TPSA) is 210 Å².